The van der Waals surface area contributed by atoms with Crippen molar-refractivity contribution in [3.8, 4) is 0 Å². The van der Waals surface area contributed by atoms with Crippen molar-refractivity contribution in [2.45, 2.75) is 4.90 Å². The Bertz CT molecular complexity index is 452. The second-order valence-corrected chi connectivity index (χ2v) is 5.33. The molecule has 66 valence electrons. The first-order valence-electron chi connectivity index (χ1n) is 2.75. The highest BCUT2D eigenvalue weighted by molar-refractivity contribution is 9.10. The molecule has 0 aliphatic rings. The van der Waals surface area contributed by atoms with Crippen molar-refractivity contribution in [3.05, 3.63) is 27.1 Å². The number of rotatable bonds is 1. The highest BCUT2D eigenvalue weighted by atomic mass is 79.9. The minimum atomic E-state index is -3.94. The van der Waals surface area contributed by atoms with Crippen molar-refractivity contribution in [2.24, 2.45) is 0 Å². The summed E-state index contributed by atoms with van der Waals surface area (Å²) in [5.41, 5.74) is -0.737. The van der Waals surface area contributed by atoms with E-state index in [1.807, 2.05) is 0 Å². The molecule has 0 unspecified atom stereocenters. The molecule has 12 heavy (non-hydrogen) atoms. The summed E-state index contributed by atoms with van der Waals surface area (Å²) >= 11 is 2.97. The van der Waals surface area contributed by atoms with Crippen molar-refractivity contribution in [2.75, 3.05) is 0 Å². The van der Waals surface area contributed by atoms with E-state index < -0.39 is 19.5 Å². The van der Waals surface area contributed by atoms with Crippen LogP contribution < -0.4 is 5.56 Å². The summed E-state index contributed by atoms with van der Waals surface area (Å²) in [5.74, 6) is 0. The Balaban J connectivity index is 3.50. The fourth-order valence-electron chi connectivity index (χ4n) is 0.628. The molecule has 1 aromatic heterocycles. The number of H-pyrrole nitrogens is 1. The number of pyridine rings is 1. The van der Waals surface area contributed by atoms with Gasteiger partial charge in [-0.15, -0.1) is 0 Å². The summed E-state index contributed by atoms with van der Waals surface area (Å²) < 4.78 is 21.8. The van der Waals surface area contributed by atoms with Gasteiger partial charge < -0.3 is 4.98 Å². The van der Waals surface area contributed by atoms with Gasteiger partial charge in [0.1, 0.15) is 4.90 Å². The third-order valence-electron chi connectivity index (χ3n) is 1.10. The van der Waals surface area contributed by atoms with Crippen LogP contribution in [0.15, 0.2) is 26.4 Å². The first-order valence-corrected chi connectivity index (χ1v) is 5.85. The van der Waals surface area contributed by atoms with Crippen molar-refractivity contribution in [1.82, 2.24) is 4.98 Å². The summed E-state index contributed by atoms with van der Waals surface area (Å²) in [5, 5.41) is 0. The molecule has 0 bridgehead atoms. The Labute approximate surface area is 81.1 Å². The number of nitrogens with one attached hydrogen (secondary N) is 1. The van der Waals surface area contributed by atoms with Crippen LogP contribution in [-0.4, -0.2) is 13.4 Å². The van der Waals surface area contributed by atoms with Crippen LogP contribution in [0.2, 0.25) is 0 Å². The molecule has 1 N–H and O–H groups in total. The number of halogens is 2. The predicted octanol–water partition coefficient (Wildman–Crippen LogP) is 1.06. The second kappa shape index (κ2) is 3.20. The quantitative estimate of drug-likeness (QED) is 0.614. The van der Waals surface area contributed by atoms with E-state index in [1.165, 1.54) is 6.07 Å². The fraction of sp³-hybridized carbons (Fsp3) is 0. The lowest BCUT2D eigenvalue weighted by Crippen LogP contribution is -2.13. The molecule has 0 aliphatic heterocycles. The van der Waals surface area contributed by atoms with Gasteiger partial charge in [0.2, 0.25) is 0 Å². The monoisotopic (exact) mass is 271 g/mol. The number of aromatic amines is 1. The molecule has 0 aromatic carbocycles. The average Bonchev–Trinajstić information content (AvgIpc) is 1.83. The first-order chi connectivity index (χ1) is 5.41. The minimum Gasteiger partial charge on any atom is -0.315 e. The molecule has 0 atom stereocenters. The molecule has 0 fully saturated rings. The number of hydrogen-bond donors (Lipinski definition) is 1. The lowest BCUT2D eigenvalue weighted by Gasteiger charge is -1.93. The van der Waals surface area contributed by atoms with E-state index in [9.17, 15) is 13.2 Å². The van der Waals surface area contributed by atoms with Crippen molar-refractivity contribution in [3.63, 3.8) is 0 Å². The van der Waals surface area contributed by atoms with Crippen molar-refractivity contribution in [1.29, 1.82) is 0 Å². The van der Waals surface area contributed by atoms with Crippen molar-refractivity contribution < 1.29 is 8.42 Å². The molecular weight excluding hydrogens is 269 g/mol. The van der Waals surface area contributed by atoms with Gasteiger partial charge in [0.05, 0.1) is 4.60 Å². The second-order valence-electron chi connectivity index (χ2n) is 1.94. The Morgan fingerprint density at radius 2 is 2.00 bits per heavy atom. The van der Waals surface area contributed by atoms with Crippen LogP contribution in [0.5, 0.6) is 0 Å². The van der Waals surface area contributed by atoms with E-state index in [1.54, 1.807) is 0 Å². The van der Waals surface area contributed by atoms with Gasteiger partial charge in [0, 0.05) is 10.7 Å². The lowest BCUT2D eigenvalue weighted by molar-refractivity contribution is 0.608. The van der Waals surface area contributed by atoms with Crippen LogP contribution in [0.1, 0.15) is 0 Å². The molecule has 1 aromatic rings. The average molecular weight is 273 g/mol. The molecule has 0 radical (unpaired) electrons. The molecule has 0 saturated carbocycles. The van der Waals surface area contributed by atoms with Gasteiger partial charge in [-0.2, -0.15) is 0 Å². The molecule has 7 heteroatoms. The smallest absolute Gasteiger partial charge is 0.268 e. The zero-order valence-corrected chi connectivity index (χ0v) is 8.70. The number of aromatic nitrogens is 1. The summed E-state index contributed by atoms with van der Waals surface area (Å²) in [6.45, 7) is 0. The van der Waals surface area contributed by atoms with Gasteiger partial charge >= 0.3 is 0 Å². The van der Waals surface area contributed by atoms with E-state index in [0.29, 0.717) is 4.60 Å². The van der Waals surface area contributed by atoms with Crippen molar-refractivity contribution >= 4 is 35.7 Å². The van der Waals surface area contributed by atoms with E-state index in [0.717, 1.165) is 6.07 Å². The maximum Gasteiger partial charge on any atom is 0.268 e. The van der Waals surface area contributed by atoms with Crippen LogP contribution in [-0.2, 0) is 9.05 Å². The van der Waals surface area contributed by atoms with Gasteiger partial charge in [-0.25, -0.2) is 8.42 Å². The number of hydrogen-bond acceptors (Lipinski definition) is 3. The molecule has 0 spiro atoms. The maximum absolute atomic E-state index is 10.9. The van der Waals surface area contributed by atoms with E-state index >= 15 is 0 Å². The zero-order valence-electron chi connectivity index (χ0n) is 5.54. The van der Waals surface area contributed by atoms with E-state index in [4.69, 9.17) is 10.7 Å². The molecule has 1 rings (SSSR count). The highest BCUT2D eigenvalue weighted by Gasteiger charge is 2.14. The zero-order chi connectivity index (χ0) is 9.35. The molecule has 0 amide bonds. The molecule has 0 aliphatic carbocycles. The normalized spacial score (nSPS) is 11.5. The highest BCUT2D eigenvalue weighted by Crippen LogP contribution is 2.11. The predicted molar refractivity (Wildman–Crippen MR) is 47.8 cm³/mol. The van der Waals surface area contributed by atoms with Crippen LogP contribution in [0.4, 0.5) is 0 Å². The Morgan fingerprint density at radius 3 is 2.42 bits per heavy atom. The molecule has 4 nitrogen and oxygen atoms in total. The van der Waals surface area contributed by atoms with Gasteiger partial charge in [0.25, 0.3) is 14.6 Å². The summed E-state index contributed by atoms with van der Waals surface area (Å²) in [4.78, 5) is 12.7. The Morgan fingerprint density at radius 1 is 1.42 bits per heavy atom. The molecule has 1 heterocycles. The van der Waals surface area contributed by atoms with Gasteiger partial charge in [-0.1, -0.05) is 0 Å². The lowest BCUT2D eigenvalue weighted by atomic mass is 10.5. The SMILES string of the molecule is O=c1[nH]c(Br)ccc1S(=O)(=O)Cl. The van der Waals surface area contributed by atoms with Gasteiger partial charge in [-0.05, 0) is 28.1 Å². The third kappa shape index (κ3) is 2.09. The Kier molecular flexibility index (Phi) is 2.60. The third-order valence-corrected chi connectivity index (χ3v) is 2.91. The Hall–Kier alpha value is -0.330. The maximum atomic E-state index is 10.9. The van der Waals surface area contributed by atoms with Crippen LogP contribution >= 0.6 is 26.6 Å². The first kappa shape index (κ1) is 9.76. The topological polar surface area (TPSA) is 67.0 Å². The van der Waals surface area contributed by atoms with Crippen LogP contribution in [0, 0.1) is 0 Å². The standard InChI is InChI=1S/C5H3BrClNO3S/c6-4-2-1-3(5(9)8-4)12(7,10)11/h1-2H,(H,8,9). The summed E-state index contributed by atoms with van der Waals surface area (Å²) in [7, 11) is 1.01. The van der Waals surface area contributed by atoms with Crippen LogP contribution in [0.25, 0.3) is 0 Å². The van der Waals surface area contributed by atoms with E-state index in [2.05, 4.69) is 20.9 Å². The van der Waals surface area contributed by atoms with Gasteiger partial charge in [0.15, 0.2) is 0 Å². The minimum absolute atomic E-state index is 0.400. The van der Waals surface area contributed by atoms with Gasteiger partial charge in [-0.3, -0.25) is 4.79 Å². The van der Waals surface area contributed by atoms with E-state index in [-0.39, 0.29) is 0 Å². The molecule has 0 saturated heterocycles. The summed E-state index contributed by atoms with van der Waals surface area (Å²) in [6, 6.07) is 2.52. The summed E-state index contributed by atoms with van der Waals surface area (Å²) in [6.07, 6.45) is 0. The van der Waals surface area contributed by atoms with Crippen LogP contribution in [0.3, 0.4) is 0 Å². The fourth-order valence-corrected chi connectivity index (χ4v) is 1.81. The largest absolute Gasteiger partial charge is 0.315 e. The molecular formula is C5H3BrClNO3S.